The Morgan fingerprint density at radius 3 is 2.15 bits per heavy atom. The van der Waals surface area contributed by atoms with Crippen molar-refractivity contribution in [2.45, 2.75) is 18.6 Å². The van der Waals surface area contributed by atoms with Crippen molar-refractivity contribution in [1.29, 1.82) is 0 Å². The number of phenolic OH excluding ortho intramolecular Hbond substituents is 7. The lowest BCUT2D eigenvalue weighted by Crippen LogP contribution is -2.34. The topological polar surface area (TPSA) is 207 Å². The maximum Gasteiger partial charge on any atom is 0.338 e. The van der Waals surface area contributed by atoms with Crippen molar-refractivity contribution in [2.75, 3.05) is 0 Å². The molecule has 0 saturated heterocycles. The number of aromatic hydroxyl groups is 7. The summed E-state index contributed by atoms with van der Waals surface area (Å²) in [6, 6.07) is 6.14. The Morgan fingerprint density at radius 2 is 1.50 bits per heavy atom. The number of hydrogen-bond acceptors (Lipinski definition) is 12. The predicted octanol–water partition coefficient (Wildman–Crippen LogP) is 2.93. The fourth-order valence-electron chi connectivity index (χ4n) is 3.62. The number of rotatable bonds is 4. The van der Waals surface area contributed by atoms with E-state index in [0.29, 0.717) is 0 Å². The zero-order valence-electron chi connectivity index (χ0n) is 17.0. The molecule has 1 aliphatic rings. The molecule has 0 fully saturated rings. The van der Waals surface area contributed by atoms with E-state index >= 15 is 0 Å². The Morgan fingerprint density at radius 1 is 0.853 bits per heavy atom. The van der Waals surface area contributed by atoms with Gasteiger partial charge in [0.2, 0.25) is 0 Å². The van der Waals surface area contributed by atoms with Crippen molar-refractivity contribution in [1.82, 2.24) is 0 Å². The SMILES string of the molecule is O=Nc1cc(C(=O)OC2Cc3c(O)cc(O)cc3OC2c2cc(O)c(O)c(O)c2)cc(O)c1O. The summed E-state index contributed by atoms with van der Waals surface area (Å²) in [7, 11) is 0. The quantitative estimate of drug-likeness (QED) is 0.167. The first-order chi connectivity index (χ1) is 16.1. The summed E-state index contributed by atoms with van der Waals surface area (Å²) in [6.45, 7) is 0. The Hall–Kier alpha value is -4.87. The summed E-state index contributed by atoms with van der Waals surface area (Å²) in [5, 5.41) is 71.4. The lowest BCUT2D eigenvalue weighted by atomic mass is 9.93. The van der Waals surface area contributed by atoms with Crippen LogP contribution in [-0.2, 0) is 11.2 Å². The average Bonchev–Trinajstić information content (AvgIpc) is 2.78. The van der Waals surface area contributed by atoms with Crippen LogP contribution < -0.4 is 4.74 Å². The van der Waals surface area contributed by atoms with E-state index in [4.69, 9.17) is 9.47 Å². The van der Waals surface area contributed by atoms with Crippen LogP contribution in [0.25, 0.3) is 0 Å². The highest BCUT2D eigenvalue weighted by molar-refractivity contribution is 5.92. The number of nitrogens with zero attached hydrogens (tertiary/aromatic N) is 1. The Balaban J connectivity index is 1.75. The molecule has 4 rings (SSSR count). The van der Waals surface area contributed by atoms with Gasteiger partial charge in [0.05, 0.1) is 5.56 Å². The van der Waals surface area contributed by atoms with Crippen LogP contribution in [0.3, 0.4) is 0 Å². The maximum absolute atomic E-state index is 12.8. The van der Waals surface area contributed by atoms with Gasteiger partial charge in [0.25, 0.3) is 0 Å². The second-order valence-electron chi connectivity index (χ2n) is 7.49. The standard InChI is InChI=1S/C22H17NO11/c24-10-5-13(25)11-7-18(34-22(31)9-1-12(23-32)19(29)14(26)4-9)21(33-17(11)6-10)8-2-15(27)20(30)16(28)3-8/h1-6,18,21,24-30H,7H2. The predicted molar refractivity (Wildman–Crippen MR) is 113 cm³/mol. The van der Waals surface area contributed by atoms with Crippen molar-refractivity contribution >= 4 is 11.7 Å². The number of phenols is 7. The summed E-state index contributed by atoms with van der Waals surface area (Å²) in [5.41, 5.74) is -0.679. The molecule has 0 bridgehead atoms. The number of esters is 1. The molecular formula is C22H17NO11. The largest absolute Gasteiger partial charge is 0.508 e. The molecule has 12 nitrogen and oxygen atoms in total. The number of hydrogen-bond donors (Lipinski definition) is 7. The van der Waals surface area contributed by atoms with Gasteiger partial charge in [0.1, 0.15) is 23.4 Å². The molecule has 0 aromatic heterocycles. The van der Waals surface area contributed by atoms with Crippen molar-refractivity contribution in [3.63, 3.8) is 0 Å². The monoisotopic (exact) mass is 471 g/mol. The molecule has 0 aliphatic carbocycles. The van der Waals surface area contributed by atoms with E-state index in [-0.39, 0.29) is 40.4 Å². The van der Waals surface area contributed by atoms with E-state index in [1.54, 1.807) is 0 Å². The third-order valence-corrected chi connectivity index (χ3v) is 5.25. The number of benzene rings is 3. The van der Waals surface area contributed by atoms with Crippen LogP contribution in [0.1, 0.15) is 27.6 Å². The van der Waals surface area contributed by atoms with Gasteiger partial charge < -0.3 is 45.2 Å². The molecular weight excluding hydrogens is 454 g/mol. The molecule has 34 heavy (non-hydrogen) atoms. The van der Waals surface area contributed by atoms with E-state index in [9.17, 15) is 45.4 Å². The molecule has 7 N–H and O–H groups in total. The zero-order chi connectivity index (χ0) is 24.7. The highest BCUT2D eigenvalue weighted by atomic mass is 16.6. The van der Waals surface area contributed by atoms with Gasteiger partial charge in [0, 0.05) is 29.7 Å². The molecule has 0 saturated carbocycles. The summed E-state index contributed by atoms with van der Waals surface area (Å²) in [4.78, 5) is 23.7. The molecule has 2 atom stereocenters. The van der Waals surface area contributed by atoms with E-state index in [2.05, 4.69) is 5.18 Å². The second-order valence-corrected chi connectivity index (χ2v) is 7.49. The average molecular weight is 471 g/mol. The Kier molecular flexibility index (Phi) is 5.41. The van der Waals surface area contributed by atoms with Gasteiger partial charge in [-0.15, -0.1) is 4.91 Å². The normalized spacial score (nSPS) is 16.8. The fourth-order valence-corrected chi connectivity index (χ4v) is 3.62. The number of nitroso groups, excluding NO2 is 1. The minimum Gasteiger partial charge on any atom is -0.508 e. The minimum absolute atomic E-state index is 0.0385. The first-order valence-electron chi connectivity index (χ1n) is 9.65. The highest BCUT2D eigenvalue weighted by Crippen LogP contribution is 2.46. The summed E-state index contributed by atoms with van der Waals surface area (Å²) in [5.74, 6) is -5.43. The van der Waals surface area contributed by atoms with Gasteiger partial charge in [-0.25, -0.2) is 4.79 Å². The van der Waals surface area contributed by atoms with Crippen LogP contribution in [0.5, 0.6) is 46.0 Å². The zero-order valence-corrected chi connectivity index (χ0v) is 17.0. The molecule has 12 heteroatoms. The summed E-state index contributed by atoms with van der Waals surface area (Å²) < 4.78 is 11.3. The molecule has 0 radical (unpaired) electrons. The van der Waals surface area contributed by atoms with Gasteiger partial charge in [-0.05, 0) is 29.4 Å². The molecule has 3 aromatic carbocycles. The van der Waals surface area contributed by atoms with Crippen LogP contribution in [0, 0.1) is 4.91 Å². The first-order valence-corrected chi connectivity index (χ1v) is 9.65. The minimum atomic E-state index is -1.21. The van der Waals surface area contributed by atoms with Gasteiger partial charge in [-0.2, -0.15) is 0 Å². The maximum atomic E-state index is 12.8. The lowest BCUT2D eigenvalue weighted by molar-refractivity contribution is -0.0189. The van der Waals surface area contributed by atoms with Crippen LogP contribution in [0.4, 0.5) is 5.69 Å². The van der Waals surface area contributed by atoms with Crippen molar-refractivity contribution in [2.24, 2.45) is 5.18 Å². The molecule has 1 heterocycles. The highest BCUT2D eigenvalue weighted by Gasteiger charge is 2.37. The van der Waals surface area contributed by atoms with E-state index in [1.165, 1.54) is 6.07 Å². The van der Waals surface area contributed by atoms with Crippen molar-refractivity contribution < 1.29 is 50.0 Å². The molecule has 2 unspecified atom stereocenters. The fraction of sp³-hybridized carbons (Fsp3) is 0.136. The third kappa shape index (κ3) is 3.88. The van der Waals surface area contributed by atoms with Crippen LogP contribution >= 0.6 is 0 Å². The first kappa shape index (κ1) is 22.3. The second kappa shape index (κ2) is 8.24. The summed E-state index contributed by atoms with van der Waals surface area (Å²) in [6.07, 6.45) is -2.56. The number of carbonyl (C=O) groups is 1. The van der Waals surface area contributed by atoms with Crippen molar-refractivity contribution in [3.8, 4) is 46.0 Å². The van der Waals surface area contributed by atoms with E-state index in [0.717, 1.165) is 30.3 Å². The third-order valence-electron chi connectivity index (χ3n) is 5.25. The van der Waals surface area contributed by atoms with Crippen LogP contribution in [-0.4, -0.2) is 47.8 Å². The molecule has 1 aliphatic heterocycles. The van der Waals surface area contributed by atoms with Crippen molar-refractivity contribution in [3.05, 3.63) is 58.0 Å². The Labute approximate surface area is 190 Å². The van der Waals surface area contributed by atoms with Gasteiger partial charge >= 0.3 is 5.97 Å². The van der Waals surface area contributed by atoms with Crippen LogP contribution in [0.15, 0.2) is 41.6 Å². The molecule has 176 valence electrons. The molecule has 0 spiro atoms. The van der Waals surface area contributed by atoms with Crippen LogP contribution in [0.2, 0.25) is 0 Å². The van der Waals surface area contributed by atoms with E-state index in [1.807, 2.05) is 0 Å². The summed E-state index contributed by atoms with van der Waals surface area (Å²) >= 11 is 0. The van der Waals surface area contributed by atoms with Gasteiger partial charge in [0.15, 0.2) is 40.5 Å². The number of ether oxygens (including phenoxy) is 2. The van der Waals surface area contributed by atoms with Gasteiger partial charge in [-0.1, -0.05) is 0 Å². The van der Waals surface area contributed by atoms with E-state index < -0.39 is 52.6 Å². The Bertz CT molecular complexity index is 1300. The van der Waals surface area contributed by atoms with Gasteiger partial charge in [-0.3, -0.25) is 0 Å². The lowest BCUT2D eigenvalue weighted by Gasteiger charge is -2.34. The smallest absolute Gasteiger partial charge is 0.338 e. The number of fused-ring (bicyclic) bond motifs is 1. The molecule has 3 aromatic rings. The molecule has 0 amide bonds. The number of carbonyl (C=O) groups excluding carboxylic acids is 1.